The number of rotatable bonds is 10. The quantitative estimate of drug-likeness (QED) is 0.491. The highest BCUT2D eigenvalue weighted by Gasteiger charge is 2.11. The number of fused-ring (bicyclic) bond motifs is 1. The smallest absolute Gasteiger partial charge is 0.258 e. The van der Waals surface area contributed by atoms with Gasteiger partial charge in [-0.05, 0) is 32.0 Å². The molecule has 0 unspecified atom stereocenters. The van der Waals surface area contributed by atoms with Gasteiger partial charge in [-0.25, -0.2) is 0 Å². The Hall–Kier alpha value is -2.63. The minimum absolute atomic E-state index is 0.0913. The minimum atomic E-state index is -0.308. The molecule has 166 valence electrons. The Balaban J connectivity index is 1.67. The number of aryl methyl sites for hydroxylation is 1. The molecule has 0 saturated carbocycles. The van der Waals surface area contributed by atoms with E-state index in [0.29, 0.717) is 36.1 Å². The van der Waals surface area contributed by atoms with Crippen molar-refractivity contribution < 1.29 is 23.6 Å². The number of methoxy groups -OCH3 is 1. The lowest BCUT2D eigenvalue weighted by Gasteiger charge is -2.06. The molecule has 31 heavy (non-hydrogen) atoms. The van der Waals surface area contributed by atoms with Crippen LogP contribution in [0, 0.1) is 6.92 Å². The predicted octanol–water partition coefficient (Wildman–Crippen LogP) is 2.84. The molecule has 1 aromatic carbocycles. The number of ether oxygens (including phenoxy) is 2. The van der Waals surface area contributed by atoms with E-state index in [2.05, 4.69) is 15.5 Å². The molecule has 0 bridgehead atoms. The molecule has 0 spiro atoms. The molecule has 0 aliphatic heterocycles. The number of thioether (sulfide) groups is 1. The van der Waals surface area contributed by atoms with Crippen LogP contribution in [0.2, 0.25) is 0 Å². The Bertz CT molecular complexity index is 1120. The van der Waals surface area contributed by atoms with Crippen LogP contribution in [0.5, 0.6) is 5.75 Å². The lowest BCUT2D eigenvalue weighted by Crippen LogP contribution is -2.20. The van der Waals surface area contributed by atoms with Crippen molar-refractivity contribution in [3.05, 3.63) is 34.8 Å². The SMILES string of the molecule is CCOc1ccc2c(c1)sc(=NC(=O)CSCC(=O)Nc1cc(C)on1)n2CCOC. The number of aromatic nitrogens is 2. The molecule has 0 atom stereocenters. The standard InChI is InChI=1S/C20H24N4O5S2/c1-4-28-14-5-6-15-16(10-14)31-20(24(15)7-8-27-3)22-19(26)12-30-11-18(25)21-17-9-13(2)29-23-17/h5-6,9-10H,4,7-8,11-12H2,1-3H3,(H,21,23,25). The van der Waals surface area contributed by atoms with Gasteiger partial charge in [-0.15, -0.1) is 11.8 Å². The van der Waals surface area contributed by atoms with Crippen molar-refractivity contribution in [1.29, 1.82) is 0 Å². The van der Waals surface area contributed by atoms with E-state index < -0.39 is 0 Å². The van der Waals surface area contributed by atoms with Crippen LogP contribution >= 0.6 is 23.1 Å². The number of carbonyl (C=O) groups excluding carboxylic acids is 2. The van der Waals surface area contributed by atoms with Gasteiger partial charge in [-0.2, -0.15) is 4.99 Å². The molecule has 3 rings (SSSR count). The summed E-state index contributed by atoms with van der Waals surface area (Å²) in [4.78, 5) is 29.2. The van der Waals surface area contributed by atoms with E-state index in [4.69, 9.17) is 14.0 Å². The molecule has 2 aromatic heterocycles. The van der Waals surface area contributed by atoms with Crippen molar-refractivity contribution >= 4 is 50.9 Å². The molecule has 2 amide bonds. The van der Waals surface area contributed by atoms with E-state index in [-0.39, 0.29) is 23.3 Å². The predicted molar refractivity (Wildman–Crippen MR) is 121 cm³/mol. The molecule has 0 saturated heterocycles. The van der Waals surface area contributed by atoms with Crippen LogP contribution in [0.15, 0.2) is 33.8 Å². The summed E-state index contributed by atoms with van der Waals surface area (Å²) in [5.41, 5.74) is 0.965. The third-order valence-electron chi connectivity index (χ3n) is 4.06. The molecule has 0 fully saturated rings. The zero-order chi connectivity index (χ0) is 22.2. The Morgan fingerprint density at radius 2 is 2.16 bits per heavy atom. The van der Waals surface area contributed by atoms with Gasteiger partial charge in [-0.1, -0.05) is 16.5 Å². The average Bonchev–Trinajstić information content (AvgIpc) is 3.28. The topological polar surface area (TPSA) is 108 Å². The number of anilines is 1. The number of nitrogens with zero attached hydrogens (tertiary/aromatic N) is 3. The van der Waals surface area contributed by atoms with Crippen molar-refractivity contribution in [3.63, 3.8) is 0 Å². The number of nitrogens with one attached hydrogen (secondary N) is 1. The average molecular weight is 465 g/mol. The number of benzene rings is 1. The summed E-state index contributed by atoms with van der Waals surface area (Å²) in [5.74, 6) is 1.38. The molecular formula is C20H24N4O5S2. The lowest BCUT2D eigenvalue weighted by molar-refractivity contribution is -0.115. The van der Waals surface area contributed by atoms with Crippen LogP contribution in [0.1, 0.15) is 12.7 Å². The number of amides is 2. The van der Waals surface area contributed by atoms with Gasteiger partial charge in [0.2, 0.25) is 5.91 Å². The van der Waals surface area contributed by atoms with Crippen molar-refractivity contribution in [3.8, 4) is 5.75 Å². The largest absolute Gasteiger partial charge is 0.494 e. The van der Waals surface area contributed by atoms with Gasteiger partial charge in [0.25, 0.3) is 5.91 Å². The summed E-state index contributed by atoms with van der Waals surface area (Å²) in [6.45, 7) is 5.32. The Morgan fingerprint density at radius 3 is 2.87 bits per heavy atom. The molecule has 0 radical (unpaired) electrons. The minimum Gasteiger partial charge on any atom is -0.494 e. The fourth-order valence-electron chi connectivity index (χ4n) is 2.77. The fourth-order valence-corrected chi connectivity index (χ4v) is 4.47. The first kappa shape index (κ1) is 23.0. The lowest BCUT2D eigenvalue weighted by atomic mass is 10.3. The van der Waals surface area contributed by atoms with Crippen molar-refractivity contribution in [2.24, 2.45) is 4.99 Å². The van der Waals surface area contributed by atoms with E-state index >= 15 is 0 Å². The molecule has 0 aliphatic rings. The molecule has 1 N–H and O–H groups in total. The summed E-state index contributed by atoms with van der Waals surface area (Å²) in [6, 6.07) is 7.43. The first-order valence-corrected chi connectivity index (χ1v) is 11.6. The highest BCUT2D eigenvalue weighted by atomic mass is 32.2. The van der Waals surface area contributed by atoms with E-state index in [9.17, 15) is 9.59 Å². The number of thiazole rings is 1. The van der Waals surface area contributed by atoms with Crippen LogP contribution in [0.4, 0.5) is 5.82 Å². The fraction of sp³-hybridized carbons (Fsp3) is 0.400. The van der Waals surface area contributed by atoms with Crippen LogP contribution in [0.3, 0.4) is 0 Å². The normalized spacial score (nSPS) is 11.8. The van der Waals surface area contributed by atoms with Crippen molar-refractivity contribution in [2.45, 2.75) is 20.4 Å². The zero-order valence-corrected chi connectivity index (χ0v) is 19.2. The van der Waals surface area contributed by atoms with Gasteiger partial charge in [0, 0.05) is 19.7 Å². The Kier molecular flexibility index (Phi) is 8.27. The second-order valence-corrected chi connectivity index (χ2v) is 8.46. The molecule has 2 heterocycles. The zero-order valence-electron chi connectivity index (χ0n) is 17.5. The van der Waals surface area contributed by atoms with Crippen molar-refractivity contribution in [1.82, 2.24) is 9.72 Å². The second kappa shape index (κ2) is 11.1. The first-order chi connectivity index (χ1) is 15.0. The summed E-state index contributed by atoms with van der Waals surface area (Å²) < 4.78 is 18.6. The maximum absolute atomic E-state index is 12.4. The summed E-state index contributed by atoms with van der Waals surface area (Å²) >= 11 is 2.61. The number of hydrogen-bond acceptors (Lipinski definition) is 8. The first-order valence-electron chi connectivity index (χ1n) is 9.63. The number of carbonyl (C=O) groups is 2. The maximum Gasteiger partial charge on any atom is 0.258 e. The van der Waals surface area contributed by atoms with E-state index in [1.807, 2.05) is 29.7 Å². The van der Waals surface area contributed by atoms with Gasteiger partial charge < -0.3 is 23.9 Å². The second-order valence-electron chi connectivity index (χ2n) is 6.46. The van der Waals surface area contributed by atoms with Crippen LogP contribution in [-0.2, 0) is 20.9 Å². The van der Waals surface area contributed by atoms with Gasteiger partial charge in [0.1, 0.15) is 11.5 Å². The van der Waals surface area contributed by atoms with Gasteiger partial charge in [-0.3, -0.25) is 9.59 Å². The van der Waals surface area contributed by atoms with Crippen LogP contribution < -0.4 is 14.9 Å². The van der Waals surface area contributed by atoms with E-state index in [1.54, 1.807) is 20.1 Å². The third kappa shape index (κ3) is 6.42. The van der Waals surface area contributed by atoms with Crippen LogP contribution in [-0.4, -0.2) is 53.4 Å². The Morgan fingerprint density at radius 1 is 1.32 bits per heavy atom. The Labute approximate surface area is 187 Å². The van der Waals surface area contributed by atoms with Gasteiger partial charge in [0.15, 0.2) is 10.6 Å². The number of hydrogen-bond donors (Lipinski definition) is 1. The molecular weight excluding hydrogens is 440 g/mol. The summed E-state index contributed by atoms with van der Waals surface area (Å²) in [5, 5.41) is 6.32. The highest BCUT2D eigenvalue weighted by Crippen LogP contribution is 2.23. The third-order valence-corrected chi connectivity index (χ3v) is 6.02. The van der Waals surface area contributed by atoms with Crippen molar-refractivity contribution in [2.75, 3.05) is 37.1 Å². The molecule has 3 aromatic rings. The highest BCUT2D eigenvalue weighted by molar-refractivity contribution is 8.00. The van der Waals surface area contributed by atoms with Gasteiger partial charge >= 0.3 is 0 Å². The summed E-state index contributed by atoms with van der Waals surface area (Å²) in [7, 11) is 1.63. The van der Waals surface area contributed by atoms with Gasteiger partial charge in [0.05, 0.1) is 34.9 Å². The summed E-state index contributed by atoms with van der Waals surface area (Å²) in [6.07, 6.45) is 0. The van der Waals surface area contributed by atoms with E-state index in [1.165, 1.54) is 23.1 Å². The monoisotopic (exact) mass is 464 g/mol. The molecule has 11 heteroatoms. The molecule has 0 aliphatic carbocycles. The van der Waals surface area contributed by atoms with E-state index in [0.717, 1.165) is 16.0 Å². The maximum atomic E-state index is 12.4. The molecule has 9 nitrogen and oxygen atoms in total. The van der Waals surface area contributed by atoms with Crippen LogP contribution in [0.25, 0.3) is 10.2 Å².